The van der Waals surface area contributed by atoms with Gasteiger partial charge in [-0.25, -0.2) is 0 Å². The maximum Gasteiger partial charge on any atom is 0.269 e. The smallest absolute Gasteiger partial charge is 0.269 e. The van der Waals surface area contributed by atoms with E-state index in [1.807, 2.05) is 47.4 Å². The van der Waals surface area contributed by atoms with Crippen molar-refractivity contribution in [3.05, 3.63) is 147 Å². The fourth-order valence-electron chi connectivity index (χ4n) is 6.87. The molecule has 3 aliphatic rings. The van der Waals surface area contributed by atoms with Crippen molar-refractivity contribution in [2.75, 3.05) is 4.90 Å². The molecule has 1 spiro atoms. The molecular weight excluding hydrogens is 504 g/mol. The summed E-state index contributed by atoms with van der Waals surface area (Å²) in [6.07, 6.45) is 3.77. The summed E-state index contributed by atoms with van der Waals surface area (Å²) in [6, 6.07) is 27.5. The second kappa shape index (κ2) is 8.68. The Balaban J connectivity index is 1.54. The van der Waals surface area contributed by atoms with Gasteiger partial charge in [-0.15, -0.1) is 0 Å². The predicted octanol–water partition coefficient (Wildman–Crippen LogP) is 5.91. The standard InChI is InChI=1S/C33H22N2O5/c36-30(22-9-2-1-3-10-22)29-28(21-14-17-23(18-15-21)35(39)40)33(31(37)24-11-5-6-12-25(24)32(33)38)27-19-16-20-8-4-7-13-26(20)34(27)29/h1-19,27-29H/t27?,28-,29+/m0/s1. The molecule has 7 nitrogen and oxygen atoms in total. The fraction of sp³-hybridized carbons (Fsp3) is 0.121. The van der Waals surface area contributed by atoms with Gasteiger partial charge in [0.15, 0.2) is 17.3 Å². The quantitative estimate of drug-likeness (QED) is 0.142. The van der Waals surface area contributed by atoms with Gasteiger partial charge in [-0.1, -0.05) is 97.1 Å². The third kappa shape index (κ3) is 3.09. The van der Waals surface area contributed by atoms with E-state index in [1.54, 1.807) is 60.7 Å². The van der Waals surface area contributed by atoms with E-state index in [4.69, 9.17) is 0 Å². The number of para-hydroxylation sites is 1. The van der Waals surface area contributed by atoms with Gasteiger partial charge in [-0.3, -0.25) is 24.5 Å². The molecule has 0 N–H and O–H groups in total. The van der Waals surface area contributed by atoms with Crippen molar-refractivity contribution in [3.63, 3.8) is 0 Å². The third-order valence-electron chi connectivity index (χ3n) is 8.50. The van der Waals surface area contributed by atoms with Gasteiger partial charge in [0.2, 0.25) is 0 Å². The Morgan fingerprint density at radius 1 is 0.775 bits per heavy atom. The van der Waals surface area contributed by atoms with Crippen LogP contribution in [0.2, 0.25) is 0 Å². The molecule has 7 rings (SSSR count). The van der Waals surface area contributed by atoms with Crippen molar-refractivity contribution >= 4 is 34.8 Å². The Morgan fingerprint density at radius 2 is 1.38 bits per heavy atom. The molecule has 2 heterocycles. The van der Waals surface area contributed by atoms with E-state index in [-0.39, 0.29) is 23.0 Å². The van der Waals surface area contributed by atoms with E-state index in [9.17, 15) is 24.5 Å². The highest BCUT2D eigenvalue weighted by molar-refractivity contribution is 6.32. The molecule has 4 aromatic rings. The highest BCUT2D eigenvalue weighted by atomic mass is 16.6. The number of rotatable bonds is 4. The van der Waals surface area contributed by atoms with Crippen LogP contribution in [0.4, 0.5) is 11.4 Å². The summed E-state index contributed by atoms with van der Waals surface area (Å²) >= 11 is 0. The Morgan fingerprint density at radius 3 is 2.02 bits per heavy atom. The van der Waals surface area contributed by atoms with Crippen LogP contribution in [0.25, 0.3) is 6.08 Å². The Hall–Kier alpha value is -5.17. The lowest BCUT2D eigenvalue weighted by molar-refractivity contribution is -0.384. The van der Waals surface area contributed by atoms with Crippen LogP contribution < -0.4 is 4.90 Å². The molecule has 0 saturated carbocycles. The predicted molar refractivity (Wildman–Crippen MR) is 150 cm³/mol. The van der Waals surface area contributed by atoms with Gasteiger partial charge in [-0.05, 0) is 17.2 Å². The van der Waals surface area contributed by atoms with Gasteiger partial charge in [-0.2, -0.15) is 0 Å². The number of hydrogen-bond acceptors (Lipinski definition) is 6. The first-order chi connectivity index (χ1) is 19.4. The summed E-state index contributed by atoms with van der Waals surface area (Å²) in [5.74, 6) is -1.81. The van der Waals surface area contributed by atoms with Crippen LogP contribution in [-0.4, -0.2) is 34.4 Å². The summed E-state index contributed by atoms with van der Waals surface area (Å²) in [7, 11) is 0. The molecule has 0 bridgehead atoms. The van der Waals surface area contributed by atoms with Gasteiger partial charge in [0.1, 0.15) is 11.5 Å². The minimum absolute atomic E-state index is 0.114. The van der Waals surface area contributed by atoms with Gasteiger partial charge in [0, 0.05) is 40.4 Å². The van der Waals surface area contributed by atoms with Crippen LogP contribution in [-0.2, 0) is 0 Å². The van der Waals surface area contributed by atoms with E-state index in [0.717, 1.165) is 11.3 Å². The second-order valence-electron chi connectivity index (χ2n) is 10.3. The van der Waals surface area contributed by atoms with Crippen LogP contribution in [0, 0.1) is 15.5 Å². The Kier molecular flexibility index (Phi) is 5.19. The molecule has 4 aromatic carbocycles. The molecule has 40 heavy (non-hydrogen) atoms. The number of anilines is 1. The highest BCUT2D eigenvalue weighted by Gasteiger charge is 2.71. The van der Waals surface area contributed by atoms with Crippen LogP contribution >= 0.6 is 0 Å². The lowest BCUT2D eigenvalue weighted by Gasteiger charge is -2.37. The zero-order valence-electron chi connectivity index (χ0n) is 21.1. The number of ketones is 3. The average molecular weight is 527 g/mol. The maximum absolute atomic E-state index is 14.6. The summed E-state index contributed by atoms with van der Waals surface area (Å²) in [5, 5.41) is 11.5. The van der Waals surface area contributed by atoms with E-state index in [1.165, 1.54) is 12.1 Å². The van der Waals surface area contributed by atoms with Crippen LogP contribution in [0.5, 0.6) is 0 Å². The second-order valence-corrected chi connectivity index (χ2v) is 10.3. The first-order valence-corrected chi connectivity index (χ1v) is 13.0. The van der Waals surface area contributed by atoms with Gasteiger partial charge < -0.3 is 4.90 Å². The van der Waals surface area contributed by atoms with Crippen molar-refractivity contribution in [3.8, 4) is 0 Å². The van der Waals surface area contributed by atoms with E-state index < -0.39 is 28.3 Å². The zero-order chi connectivity index (χ0) is 27.6. The molecule has 3 atom stereocenters. The number of nitro groups is 1. The topological polar surface area (TPSA) is 97.6 Å². The number of hydrogen-bond donors (Lipinski definition) is 0. The van der Waals surface area contributed by atoms with Crippen molar-refractivity contribution in [2.45, 2.75) is 18.0 Å². The molecule has 0 radical (unpaired) electrons. The normalized spacial score (nSPS) is 21.7. The minimum Gasteiger partial charge on any atom is -0.352 e. The third-order valence-corrected chi connectivity index (χ3v) is 8.50. The van der Waals surface area contributed by atoms with Crippen LogP contribution in [0.1, 0.15) is 48.1 Å². The minimum atomic E-state index is -1.64. The number of nitrogens with zero attached hydrogens (tertiary/aromatic N) is 2. The number of benzene rings is 4. The number of Topliss-reactive ketones (excluding diaryl/α,β-unsaturated/α-hetero) is 3. The van der Waals surface area contributed by atoms with E-state index in [0.29, 0.717) is 22.3 Å². The lowest BCUT2D eigenvalue weighted by Crippen LogP contribution is -2.48. The van der Waals surface area contributed by atoms with E-state index in [2.05, 4.69) is 0 Å². The van der Waals surface area contributed by atoms with Crippen LogP contribution in [0.15, 0.2) is 109 Å². The van der Waals surface area contributed by atoms with Crippen molar-refractivity contribution in [2.24, 2.45) is 5.41 Å². The molecule has 194 valence electrons. The van der Waals surface area contributed by atoms with Gasteiger partial charge in [0.25, 0.3) is 5.69 Å². The first kappa shape index (κ1) is 23.9. The first-order valence-electron chi connectivity index (χ1n) is 13.0. The highest BCUT2D eigenvalue weighted by Crippen LogP contribution is 2.61. The number of non-ortho nitro benzene ring substituents is 1. The molecule has 7 heteroatoms. The Bertz CT molecular complexity index is 1720. The lowest BCUT2D eigenvalue weighted by atomic mass is 9.64. The van der Waals surface area contributed by atoms with Crippen LogP contribution in [0.3, 0.4) is 0 Å². The molecule has 1 fully saturated rings. The molecular formula is C33H22N2O5. The van der Waals surface area contributed by atoms with Crippen molar-refractivity contribution in [1.29, 1.82) is 0 Å². The zero-order valence-corrected chi connectivity index (χ0v) is 21.1. The summed E-state index contributed by atoms with van der Waals surface area (Å²) in [5.41, 5.74) is 1.52. The fourth-order valence-corrected chi connectivity index (χ4v) is 6.87. The molecule has 1 aliphatic carbocycles. The average Bonchev–Trinajstić information content (AvgIpc) is 3.43. The van der Waals surface area contributed by atoms with Crippen molar-refractivity contribution < 1.29 is 19.3 Å². The van der Waals surface area contributed by atoms with Gasteiger partial charge >= 0.3 is 0 Å². The maximum atomic E-state index is 14.6. The number of nitro benzene ring substituents is 1. The number of fused-ring (bicyclic) bond motifs is 5. The number of carbonyl (C=O) groups is 3. The molecule has 1 unspecified atom stereocenters. The van der Waals surface area contributed by atoms with Gasteiger partial charge in [0.05, 0.1) is 11.0 Å². The van der Waals surface area contributed by atoms with Crippen molar-refractivity contribution in [1.82, 2.24) is 0 Å². The molecule has 0 aromatic heterocycles. The largest absolute Gasteiger partial charge is 0.352 e. The number of carbonyl (C=O) groups excluding carboxylic acids is 3. The summed E-state index contributed by atoms with van der Waals surface area (Å²) < 4.78 is 0. The molecule has 2 aliphatic heterocycles. The molecule has 1 saturated heterocycles. The van der Waals surface area contributed by atoms with E-state index >= 15 is 0 Å². The summed E-state index contributed by atoms with van der Waals surface area (Å²) in [4.78, 5) is 56.5. The monoisotopic (exact) mass is 526 g/mol. The SMILES string of the molecule is O=C(c1ccccc1)[C@H]1[C@H](c2ccc([N+](=O)[O-])cc2)C2(C(=O)c3ccccc3C2=O)C2C=Cc3ccccc3N21. The summed E-state index contributed by atoms with van der Waals surface area (Å²) in [6.45, 7) is 0. The molecule has 0 amide bonds. The Labute approximate surface area is 229 Å².